The quantitative estimate of drug-likeness (QED) is 0.788. The van der Waals surface area contributed by atoms with Gasteiger partial charge in [0, 0.05) is 15.9 Å². The Hall–Kier alpha value is -0.480. The standard InChI is InChI=1S/C12H14BrNOS/c1-4-14-9-7-8(13)5-6-10(9)16-12(2,3)11(14)15/h5-7H,4H2,1-3H3. The summed E-state index contributed by atoms with van der Waals surface area (Å²) in [6.45, 7) is 6.68. The normalized spacial score (nSPS) is 18.5. The molecule has 86 valence electrons. The molecule has 0 saturated heterocycles. The lowest BCUT2D eigenvalue weighted by molar-refractivity contribution is -0.120. The van der Waals surface area contributed by atoms with Crippen LogP contribution >= 0.6 is 27.7 Å². The van der Waals surface area contributed by atoms with Gasteiger partial charge in [0.2, 0.25) is 5.91 Å². The van der Waals surface area contributed by atoms with Crippen LogP contribution in [0.4, 0.5) is 5.69 Å². The molecule has 1 aliphatic heterocycles. The van der Waals surface area contributed by atoms with Gasteiger partial charge < -0.3 is 4.90 Å². The summed E-state index contributed by atoms with van der Waals surface area (Å²) in [5.41, 5.74) is 1.02. The average Bonchev–Trinajstić information content (AvgIpc) is 2.21. The van der Waals surface area contributed by atoms with E-state index < -0.39 is 0 Å². The van der Waals surface area contributed by atoms with E-state index in [1.54, 1.807) is 11.8 Å². The number of fused-ring (bicyclic) bond motifs is 1. The van der Waals surface area contributed by atoms with E-state index in [1.807, 2.05) is 37.8 Å². The van der Waals surface area contributed by atoms with E-state index in [-0.39, 0.29) is 10.7 Å². The molecule has 0 aliphatic carbocycles. The molecule has 1 aromatic rings. The van der Waals surface area contributed by atoms with Crippen LogP contribution in [0.25, 0.3) is 0 Å². The maximum absolute atomic E-state index is 12.2. The van der Waals surface area contributed by atoms with Crippen LogP contribution in [0.3, 0.4) is 0 Å². The minimum absolute atomic E-state index is 0.186. The summed E-state index contributed by atoms with van der Waals surface area (Å²) in [5, 5.41) is 0. The molecule has 1 amide bonds. The van der Waals surface area contributed by atoms with Gasteiger partial charge in [-0.25, -0.2) is 0 Å². The molecule has 0 spiro atoms. The zero-order chi connectivity index (χ0) is 11.9. The minimum Gasteiger partial charge on any atom is -0.310 e. The second-order valence-electron chi connectivity index (χ2n) is 4.27. The van der Waals surface area contributed by atoms with Gasteiger partial charge >= 0.3 is 0 Å². The summed E-state index contributed by atoms with van der Waals surface area (Å²) < 4.78 is 0.648. The van der Waals surface area contributed by atoms with Crippen molar-refractivity contribution in [3.05, 3.63) is 22.7 Å². The van der Waals surface area contributed by atoms with E-state index in [1.165, 1.54) is 4.90 Å². The van der Waals surface area contributed by atoms with E-state index in [0.29, 0.717) is 6.54 Å². The Bertz CT molecular complexity index is 445. The third-order valence-electron chi connectivity index (χ3n) is 2.65. The first-order valence-electron chi connectivity index (χ1n) is 5.26. The van der Waals surface area contributed by atoms with E-state index in [9.17, 15) is 4.79 Å². The lowest BCUT2D eigenvalue weighted by Gasteiger charge is -2.37. The highest BCUT2D eigenvalue weighted by Gasteiger charge is 2.39. The largest absolute Gasteiger partial charge is 0.310 e. The highest BCUT2D eigenvalue weighted by Crippen LogP contribution is 2.45. The van der Waals surface area contributed by atoms with Crippen LogP contribution < -0.4 is 4.90 Å². The summed E-state index contributed by atoms with van der Waals surface area (Å²) in [7, 11) is 0. The summed E-state index contributed by atoms with van der Waals surface area (Å²) in [5.74, 6) is 0.186. The van der Waals surface area contributed by atoms with Gasteiger partial charge in [-0.15, -0.1) is 11.8 Å². The molecule has 0 fully saturated rings. The number of benzene rings is 1. The van der Waals surface area contributed by atoms with Gasteiger partial charge in [-0.2, -0.15) is 0 Å². The molecule has 0 N–H and O–H groups in total. The second kappa shape index (κ2) is 4.08. The van der Waals surface area contributed by atoms with Crippen LogP contribution in [0.5, 0.6) is 0 Å². The molecule has 1 aliphatic rings. The minimum atomic E-state index is -0.364. The van der Waals surface area contributed by atoms with Crippen LogP contribution in [0.15, 0.2) is 27.6 Å². The number of hydrogen-bond donors (Lipinski definition) is 0. The predicted molar refractivity (Wildman–Crippen MR) is 72.1 cm³/mol. The fourth-order valence-corrected chi connectivity index (χ4v) is 3.36. The van der Waals surface area contributed by atoms with E-state index in [0.717, 1.165) is 10.2 Å². The number of carbonyl (C=O) groups excluding carboxylic acids is 1. The average molecular weight is 300 g/mol. The Morgan fingerprint density at radius 2 is 2.12 bits per heavy atom. The van der Waals surface area contributed by atoms with Crippen molar-refractivity contribution >= 4 is 39.3 Å². The van der Waals surface area contributed by atoms with Crippen LogP contribution in [0.2, 0.25) is 0 Å². The van der Waals surface area contributed by atoms with Gasteiger partial charge in [-0.1, -0.05) is 15.9 Å². The number of thioether (sulfide) groups is 1. The van der Waals surface area contributed by atoms with Gasteiger partial charge in [0.1, 0.15) is 0 Å². The Labute approximate surface area is 109 Å². The predicted octanol–water partition coefficient (Wildman–Crippen LogP) is 3.69. The van der Waals surface area contributed by atoms with Crippen LogP contribution in [-0.2, 0) is 4.79 Å². The van der Waals surface area contributed by atoms with E-state index in [2.05, 4.69) is 22.0 Å². The first-order chi connectivity index (χ1) is 7.45. The zero-order valence-electron chi connectivity index (χ0n) is 9.58. The number of anilines is 1. The highest BCUT2D eigenvalue weighted by atomic mass is 79.9. The van der Waals surface area contributed by atoms with Gasteiger partial charge in [0.05, 0.1) is 10.4 Å². The molecule has 0 radical (unpaired) electrons. The lowest BCUT2D eigenvalue weighted by Crippen LogP contribution is -2.46. The lowest BCUT2D eigenvalue weighted by atomic mass is 10.1. The summed E-state index contributed by atoms with van der Waals surface area (Å²) >= 11 is 5.09. The van der Waals surface area contributed by atoms with E-state index >= 15 is 0 Å². The van der Waals surface area contributed by atoms with Crippen molar-refractivity contribution < 1.29 is 4.79 Å². The fraction of sp³-hybridized carbons (Fsp3) is 0.417. The molecule has 16 heavy (non-hydrogen) atoms. The van der Waals surface area contributed by atoms with Crippen molar-refractivity contribution in [3.8, 4) is 0 Å². The maximum Gasteiger partial charge on any atom is 0.243 e. The summed E-state index contributed by atoms with van der Waals surface area (Å²) in [6, 6.07) is 6.10. The van der Waals surface area contributed by atoms with Crippen molar-refractivity contribution in [1.82, 2.24) is 0 Å². The van der Waals surface area contributed by atoms with Gasteiger partial charge in [-0.3, -0.25) is 4.79 Å². The number of amides is 1. The SMILES string of the molecule is CCN1C(=O)C(C)(C)Sc2ccc(Br)cc21. The Morgan fingerprint density at radius 3 is 2.75 bits per heavy atom. The van der Waals surface area contributed by atoms with E-state index in [4.69, 9.17) is 0 Å². The summed E-state index contributed by atoms with van der Waals surface area (Å²) in [4.78, 5) is 15.3. The first kappa shape index (κ1) is 12.0. The van der Waals surface area contributed by atoms with Crippen LogP contribution in [0.1, 0.15) is 20.8 Å². The van der Waals surface area contributed by atoms with Crippen molar-refractivity contribution in [2.45, 2.75) is 30.4 Å². The first-order valence-corrected chi connectivity index (χ1v) is 6.87. The topological polar surface area (TPSA) is 20.3 Å². The van der Waals surface area contributed by atoms with Crippen LogP contribution in [0, 0.1) is 0 Å². The molecule has 1 aromatic carbocycles. The molecule has 0 bridgehead atoms. The van der Waals surface area contributed by atoms with Gasteiger partial charge in [-0.05, 0) is 39.0 Å². The molecule has 2 rings (SSSR count). The number of hydrogen-bond acceptors (Lipinski definition) is 2. The molecule has 0 aromatic heterocycles. The Kier molecular flexibility index (Phi) is 3.05. The van der Waals surface area contributed by atoms with Gasteiger partial charge in [0.25, 0.3) is 0 Å². The zero-order valence-corrected chi connectivity index (χ0v) is 12.0. The third kappa shape index (κ3) is 1.89. The summed E-state index contributed by atoms with van der Waals surface area (Å²) in [6.07, 6.45) is 0. The Morgan fingerprint density at radius 1 is 1.44 bits per heavy atom. The van der Waals surface area contributed by atoms with Crippen molar-refractivity contribution in [2.75, 3.05) is 11.4 Å². The van der Waals surface area contributed by atoms with Crippen molar-refractivity contribution in [3.63, 3.8) is 0 Å². The molecule has 0 saturated carbocycles. The molecule has 0 atom stereocenters. The molecule has 1 heterocycles. The highest BCUT2D eigenvalue weighted by molar-refractivity contribution is 9.10. The maximum atomic E-state index is 12.2. The number of halogens is 1. The monoisotopic (exact) mass is 299 g/mol. The third-order valence-corrected chi connectivity index (χ3v) is 4.40. The second-order valence-corrected chi connectivity index (χ2v) is 6.85. The molecular formula is C12H14BrNOS. The molecule has 0 unspecified atom stereocenters. The molecule has 2 nitrogen and oxygen atoms in total. The van der Waals surface area contributed by atoms with Gasteiger partial charge in [0.15, 0.2) is 0 Å². The van der Waals surface area contributed by atoms with Crippen LogP contribution in [-0.4, -0.2) is 17.2 Å². The van der Waals surface area contributed by atoms with Crippen molar-refractivity contribution in [1.29, 1.82) is 0 Å². The smallest absolute Gasteiger partial charge is 0.243 e. The number of rotatable bonds is 1. The number of nitrogens with zero attached hydrogens (tertiary/aromatic N) is 1. The fourth-order valence-electron chi connectivity index (χ4n) is 1.85. The van der Waals surface area contributed by atoms with Crippen molar-refractivity contribution in [2.24, 2.45) is 0 Å². The number of carbonyl (C=O) groups is 1. The molecular weight excluding hydrogens is 286 g/mol. The Balaban J connectivity index is 2.56. The molecule has 4 heteroatoms.